The molecule has 0 aliphatic heterocycles. The molecule has 0 unspecified atom stereocenters. The number of carbonyl (C=O) groups excluding carboxylic acids is 1. The summed E-state index contributed by atoms with van der Waals surface area (Å²) in [7, 11) is 1.63. The number of rotatable bonds is 6. The number of ether oxygens (including phenoxy) is 2. The Morgan fingerprint density at radius 3 is 2.83 bits per heavy atom. The zero-order valence-corrected chi connectivity index (χ0v) is 10.9. The predicted molar refractivity (Wildman–Crippen MR) is 68.8 cm³/mol. The highest BCUT2D eigenvalue weighted by Gasteiger charge is 2.24. The Hall–Kier alpha value is -1.55. The number of methoxy groups -OCH3 is 1. The summed E-state index contributed by atoms with van der Waals surface area (Å²) in [5.41, 5.74) is 1.57. The van der Waals surface area contributed by atoms with Crippen LogP contribution in [0.2, 0.25) is 0 Å². The van der Waals surface area contributed by atoms with Crippen LogP contribution in [0, 0.1) is 0 Å². The Morgan fingerprint density at radius 1 is 1.44 bits per heavy atom. The highest BCUT2D eigenvalue weighted by molar-refractivity contribution is 5.95. The number of nitrogens with one attached hydrogen (secondary N) is 1. The van der Waals surface area contributed by atoms with Gasteiger partial charge in [-0.05, 0) is 38.0 Å². The van der Waals surface area contributed by atoms with Gasteiger partial charge in [-0.25, -0.2) is 0 Å². The molecule has 0 aromatic heterocycles. The van der Waals surface area contributed by atoms with E-state index < -0.39 is 0 Å². The van der Waals surface area contributed by atoms with Gasteiger partial charge in [0.1, 0.15) is 5.75 Å². The summed E-state index contributed by atoms with van der Waals surface area (Å²) in [5, 5.41) is 2.97. The SMILES string of the molecule is CCOc1ccc(C(=O)NC2CC2)cc1COC. The molecule has 2 rings (SSSR count). The highest BCUT2D eigenvalue weighted by Crippen LogP contribution is 2.23. The Morgan fingerprint density at radius 2 is 2.22 bits per heavy atom. The normalized spacial score (nSPS) is 14.3. The summed E-state index contributed by atoms with van der Waals surface area (Å²) >= 11 is 0. The average Bonchev–Trinajstić information content (AvgIpc) is 3.16. The van der Waals surface area contributed by atoms with Crippen molar-refractivity contribution < 1.29 is 14.3 Å². The first kappa shape index (κ1) is 12.9. The van der Waals surface area contributed by atoms with Gasteiger partial charge in [-0.15, -0.1) is 0 Å². The van der Waals surface area contributed by atoms with Crippen LogP contribution in [0.15, 0.2) is 18.2 Å². The lowest BCUT2D eigenvalue weighted by atomic mass is 10.1. The minimum atomic E-state index is -0.0158. The van der Waals surface area contributed by atoms with E-state index in [9.17, 15) is 4.79 Å². The van der Waals surface area contributed by atoms with Crippen LogP contribution in [0.3, 0.4) is 0 Å². The highest BCUT2D eigenvalue weighted by atomic mass is 16.5. The zero-order chi connectivity index (χ0) is 13.0. The second-order valence-corrected chi connectivity index (χ2v) is 4.44. The molecule has 0 bridgehead atoms. The Bertz CT molecular complexity index is 427. The van der Waals surface area contributed by atoms with Crippen molar-refractivity contribution >= 4 is 5.91 Å². The molecule has 0 radical (unpaired) electrons. The van der Waals surface area contributed by atoms with Gasteiger partial charge < -0.3 is 14.8 Å². The van der Waals surface area contributed by atoms with Gasteiger partial charge in [0.15, 0.2) is 0 Å². The van der Waals surface area contributed by atoms with Crippen LogP contribution in [-0.2, 0) is 11.3 Å². The molecule has 1 saturated carbocycles. The lowest BCUT2D eigenvalue weighted by Gasteiger charge is -2.11. The Balaban J connectivity index is 2.15. The lowest BCUT2D eigenvalue weighted by molar-refractivity contribution is 0.0950. The molecule has 1 aromatic rings. The first-order valence-corrected chi connectivity index (χ1v) is 6.30. The minimum Gasteiger partial charge on any atom is -0.494 e. The third-order valence-electron chi connectivity index (χ3n) is 2.83. The van der Waals surface area contributed by atoms with Gasteiger partial charge in [0, 0.05) is 24.3 Å². The van der Waals surface area contributed by atoms with E-state index in [2.05, 4.69) is 5.32 Å². The van der Waals surface area contributed by atoms with Crippen LogP contribution in [0.4, 0.5) is 0 Å². The van der Waals surface area contributed by atoms with Gasteiger partial charge in [-0.2, -0.15) is 0 Å². The van der Waals surface area contributed by atoms with Crippen molar-refractivity contribution in [2.24, 2.45) is 0 Å². The number of amides is 1. The second kappa shape index (κ2) is 5.87. The summed E-state index contributed by atoms with van der Waals surface area (Å²) in [5.74, 6) is 0.764. The topological polar surface area (TPSA) is 47.6 Å². The molecule has 0 atom stereocenters. The summed E-state index contributed by atoms with van der Waals surface area (Å²) in [6.07, 6.45) is 2.18. The van der Waals surface area contributed by atoms with E-state index in [1.54, 1.807) is 13.2 Å². The van der Waals surface area contributed by atoms with E-state index in [4.69, 9.17) is 9.47 Å². The van der Waals surface area contributed by atoms with E-state index in [0.29, 0.717) is 24.8 Å². The van der Waals surface area contributed by atoms with Crippen LogP contribution in [0.1, 0.15) is 35.7 Å². The predicted octanol–water partition coefficient (Wildman–Crippen LogP) is 2.12. The maximum Gasteiger partial charge on any atom is 0.251 e. The molecule has 1 aliphatic carbocycles. The van der Waals surface area contributed by atoms with Crippen molar-refractivity contribution in [3.63, 3.8) is 0 Å². The van der Waals surface area contributed by atoms with Crippen molar-refractivity contribution in [2.75, 3.05) is 13.7 Å². The molecule has 1 aliphatic rings. The number of benzene rings is 1. The van der Waals surface area contributed by atoms with Gasteiger partial charge in [0.2, 0.25) is 0 Å². The van der Waals surface area contributed by atoms with Crippen molar-refractivity contribution in [2.45, 2.75) is 32.4 Å². The molecule has 0 saturated heterocycles. The molecular weight excluding hydrogens is 230 g/mol. The number of carbonyl (C=O) groups is 1. The molecule has 1 N–H and O–H groups in total. The smallest absolute Gasteiger partial charge is 0.251 e. The van der Waals surface area contributed by atoms with Gasteiger partial charge in [-0.3, -0.25) is 4.79 Å². The molecule has 4 nitrogen and oxygen atoms in total. The maximum atomic E-state index is 11.9. The average molecular weight is 249 g/mol. The number of hydrogen-bond acceptors (Lipinski definition) is 3. The van der Waals surface area contributed by atoms with E-state index in [1.165, 1.54) is 0 Å². The van der Waals surface area contributed by atoms with E-state index in [1.807, 2.05) is 19.1 Å². The molecule has 1 aromatic carbocycles. The first-order valence-electron chi connectivity index (χ1n) is 6.30. The molecule has 1 fully saturated rings. The summed E-state index contributed by atoms with van der Waals surface area (Å²) in [6.45, 7) is 2.98. The maximum absolute atomic E-state index is 11.9. The molecule has 4 heteroatoms. The monoisotopic (exact) mass is 249 g/mol. The van der Waals surface area contributed by atoms with E-state index in [0.717, 1.165) is 24.2 Å². The van der Waals surface area contributed by atoms with Crippen LogP contribution in [0.25, 0.3) is 0 Å². The fourth-order valence-electron chi connectivity index (χ4n) is 1.78. The Labute approximate surface area is 107 Å². The van der Waals surface area contributed by atoms with Crippen LogP contribution in [0.5, 0.6) is 5.75 Å². The molecule has 98 valence electrons. The van der Waals surface area contributed by atoms with Crippen molar-refractivity contribution in [3.8, 4) is 5.75 Å². The quantitative estimate of drug-likeness (QED) is 0.840. The third-order valence-corrected chi connectivity index (χ3v) is 2.83. The standard InChI is InChI=1S/C14H19NO3/c1-3-18-13-7-4-10(8-11(13)9-17-2)14(16)15-12-5-6-12/h4,7-8,12H,3,5-6,9H2,1-2H3,(H,15,16). The molecular formula is C14H19NO3. The second-order valence-electron chi connectivity index (χ2n) is 4.44. The lowest BCUT2D eigenvalue weighted by Crippen LogP contribution is -2.25. The van der Waals surface area contributed by atoms with Crippen LogP contribution < -0.4 is 10.1 Å². The molecule has 0 spiro atoms. The third kappa shape index (κ3) is 3.23. The zero-order valence-electron chi connectivity index (χ0n) is 10.9. The molecule has 18 heavy (non-hydrogen) atoms. The fraction of sp³-hybridized carbons (Fsp3) is 0.500. The van der Waals surface area contributed by atoms with Crippen molar-refractivity contribution in [1.29, 1.82) is 0 Å². The van der Waals surface area contributed by atoms with Gasteiger partial charge in [0.05, 0.1) is 13.2 Å². The molecule has 1 amide bonds. The number of hydrogen-bond donors (Lipinski definition) is 1. The summed E-state index contributed by atoms with van der Waals surface area (Å²) in [4.78, 5) is 11.9. The summed E-state index contributed by atoms with van der Waals surface area (Å²) in [6, 6.07) is 5.84. The minimum absolute atomic E-state index is 0.0158. The van der Waals surface area contributed by atoms with Crippen molar-refractivity contribution in [3.05, 3.63) is 29.3 Å². The Kier molecular flexibility index (Phi) is 4.20. The van der Waals surface area contributed by atoms with Crippen LogP contribution >= 0.6 is 0 Å². The van der Waals surface area contributed by atoms with E-state index in [-0.39, 0.29) is 5.91 Å². The summed E-state index contributed by atoms with van der Waals surface area (Å²) < 4.78 is 10.6. The van der Waals surface area contributed by atoms with Gasteiger partial charge in [-0.1, -0.05) is 0 Å². The van der Waals surface area contributed by atoms with Gasteiger partial charge >= 0.3 is 0 Å². The van der Waals surface area contributed by atoms with Crippen LogP contribution in [-0.4, -0.2) is 25.7 Å². The largest absolute Gasteiger partial charge is 0.494 e. The van der Waals surface area contributed by atoms with Gasteiger partial charge in [0.25, 0.3) is 5.91 Å². The first-order chi connectivity index (χ1) is 8.74. The van der Waals surface area contributed by atoms with Crippen molar-refractivity contribution in [1.82, 2.24) is 5.32 Å². The van der Waals surface area contributed by atoms with E-state index >= 15 is 0 Å². The fourth-order valence-corrected chi connectivity index (χ4v) is 1.78. The molecule has 0 heterocycles.